The van der Waals surface area contributed by atoms with E-state index in [2.05, 4.69) is 63.8 Å². The fourth-order valence-electron chi connectivity index (χ4n) is 4.30. The lowest BCUT2D eigenvalue weighted by Gasteiger charge is -2.27. The molecule has 0 aromatic heterocycles. The SMILES string of the molecule is C=C(C)C(=O)OCCOc1cc(C(C)/C=C\C(=C/C)C2CCC(C)CC2)ccc1CCCO. The maximum Gasteiger partial charge on any atom is 0.333 e. The van der Waals surface area contributed by atoms with Crippen LogP contribution in [0.15, 0.2) is 54.2 Å². The molecular weight excluding hydrogens is 412 g/mol. The predicted molar refractivity (Wildman–Crippen MR) is 136 cm³/mol. The summed E-state index contributed by atoms with van der Waals surface area (Å²) in [5.74, 6) is 2.17. The number of hydrogen-bond acceptors (Lipinski definition) is 4. The number of aryl methyl sites for hydroxylation is 1. The Morgan fingerprint density at radius 3 is 2.61 bits per heavy atom. The Morgan fingerprint density at radius 2 is 1.97 bits per heavy atom. The second-order valence-corrected chi connectivity index (χ2v) is 9.35. The van der Waals surface area contributed by atoms with Gasteiger partial charge >= 0.3 is 5.97 Å². The smallest absolute Gasteiger partial charge is 0.333 e. The minimum absolute atomic E-state index is 0.141. The summed E-state index contributed by atoms with van der Waals surface area (Å²) in [7, 11) is 0. The third-order valence-corrected chi connectivity index (χ3v) is 6.54. The molecule has 1 unspecified atom stereocenters. The normalized spacial score (nSPS) is 20.0. The van der Waals surface area contributed by atoms with Gasteiger partial charge in [-0.05, 0) is 80.1 Å². The molecule has 1 aromatic carbocycles. The first-order valence-electron chi connectivity index (χ1n) is 12.4. The number of rotatable bonds is 12. The van der Waals surface area contributed by atoms with Crippen molar-refractivity contribution in [3.8, 4) is 5.75 Å². The fourth-order valence-corrected chi connectivity index (χ4v) is 4.30. The van der Waals surface area contributed by atoms with Gasteiger partial charge in [0.15, 0.2) is 0 Å². The van der Waals surface area contributed by atoms with E-state index in [1.807, 2.05) is 0 Å². The topological polar surface area (TPSA) is 55.8 Å². The molecular formula is C29H42O4. The maximum atomic E-state index is 11.6. The minimum Gasteiger partial charge on any atom is -0.490 e. The molecule has 4 heteroatoms. The minimum atomic E-state index is -0.404. The molecule has 182 valence electrons. The van der Waals surface area contributed by atoms with Crippen LogP contribution in [-0.2, 0) is 16.0 Å². The molecule has 1 atom stereocenters. The number of aliphatic hydroxyl groups excluding tert-OH is 1. The van der Waals surface area contributed by atoms with E-state index in [4.69, 9.17) is 9.47 Å². The molecule has 1 N–H and O–H groups in total. The molecule has 1 saturated carbocycles. The summed E-state index contributed by atoms with van der Waals surface area (Å²) in [4.78, 5) is 11.6. The summed E-state index contributed by atoms with van der Waals surface area (Å²) >= 11 is 0. The molecule has 1 aromatic rings. The first kappa shape index (κ1) is 26.9. The molecule has 2 rings (SSSR count). The van der Waals surface area contributed by atoms with Crippen LogP contribution in [0.1, 0.15) is 76.8 Å². The highest BCUT2D eigenvalue weighted by molar-refractivity contribution is 5.86. The lowest BCUT2D eigenvalue weighted by atomic mass is 9.79. The molecule has 0 heterocycles. The Hall–Kier alpha value is -2.33. The standard InChI is InChI=1S/C29H42O4/c1-6-24(25-12-9-22(4)10-13-25)14-11-23(5)27-16-15-26(8-7-17-30)28(20-27)32-18-19-33-29(31)21(2)3/h6,11,14-16,20,22-23,25,30H,2,7-10,12-13,17-19H2,1,3-5H3/b14-11-,24-6+. The van der Waals surface area contributed by atoms with Crippen LogP contribution < -0.4 is 4.74 Å². The molecule has 4 nitrogen and oxygen atoms in total. The van der Waals surface area contributed by atoms with Crippen LogP contribution in [0.3, 0.4) is 0 Å². The van der Waals surface area contributed by atoms with E-state index in [0.717, 1.165) is 23.7 Å². The number of aliphatic hydroxyl groups is 1. The summed E-state index contributed by atoms with van der Waals surface area (Å²) in [6.07, 6.45) is 13.5. The first-order valence-corrected chi connectivity index (χ1v) is 12.4. The number of allylic oxidation sites excluding steroid dienone is 4. The van der Waals surface area contributed by atoms with Gasteiger partial charge < -0.3 is 14.6 Å². The predicted octanol–water partition coefficient (Wildman–Crippen LogP) is 6.54. The van der Waals surface area contributed by atoms with E-state index >= 15 is 0 Å². The van der Waals surface area contributed by atoms with E-state index in [9.17, 15) is 9.90 Å². The van der Waals surface area contributed by atoms with Crippen molar-refractivity contribution in [2.45, 2.75) is 72.1 Å². The zero-order valence-corrected chi connectivity index (χ0v) is 20.9. The first-order chi connectivity index (χ1) is 15.8. The zero-order chi connectivity index (χ0) is 24.2. The quantitative estimate of drug-likeness (QED) is 0.169. The van der Waals surface area contributed by atoms with Crippen LogP contribution in [-0.4, -0.2) is 30.9 Å². The van der Waals surface area contributed by atoms with Crippen molar-refractivity contribution < 1.29 is 19.4 Å². The highest BCUT2D eigenvalue weighted by Crippen LogP contribution is 2.34. The molecule has 0 amide bonds. The highest BCUT2D eigenvalue weighted by atomic mass is 16.6. The molecule has 1 aliphatic carbocycles. The summed E-state index contributed by atoms with van der Waals surface area (Å²) in [5.41, 5.74) is 4.06. The van der Waals surface area contributed by atoms with Gasteiger partial charge in [0.25, 0.3) is 0 Å². The lowest BCUT2D eigenvalue weighted by molar-refractivity contribution is -0.139. The number of carbonyl (C=O) groups is 1. The number of ether oxygens (including phenoxy) is 2. The Bertz CT molecular complexity index is 828. The average Bonchev–Trinajstić information content (AvgIpc) is 2.81. The Morgan fingerprint density at radius 1 is 1.24 bits per heavy atom. The number of carbonyl (C=O) groups excluding carboxylic acids is 1. The number of esters is 1. The van der Waals surface area contributed by atoms with Crippen LogP contribution >= 0.6 is 0 Å². The second-order valence-electron chi connectivity index (χ2n) is 9.35. The van der Waals surface area contributed by atoms with Gasteiger partial charge in [0.2, 0.25) is 0 Å². The molecule has 1 fully saturated rings. The van der Waals surface area contributed by atoms with Gasteiger partial charge in [0.1, 0.15) is 19.0 Å². The Balaban J connectivity index is 2.06. The van der Waals surface area contributed by atoms with Crippen molar-refractivity contribution in [1.82, 2.24) is 0 Å². The van der Waals surface area contributed by atoms with Gasteiger partial charge in [-0.2, -0.15) is 0 Å². The van der Waals surface area contributed by atoms with Crippen molar-refractivity contribution >= 4 is 5.97 Å². The van der Waals surface area contributed by atoms with Crippen LogP contribution in [0.2, 0.25) is 0 Å². The fraction of sp³-hybridized carbons (Fsp3) is 0.552. The van der Waals surface area contributed by atoms with Gasteiger partial charge in [-0.1, -0.05) is 63.6 Å². The Labute approximate surface area is 200 Å². The molecule has 0 radical (unpaired) electrons. The summed E-state index contributed by atoms with van der Waals surface area (Å²) in [6, 6.07) is 6.32. The van der Waals surface area contributed by atoms with Gasteiger partial charge in [-0.25, -0.2) is 4.79 Å². The molecule has 0 bridgehead atoms. The second kappa shape index (κ2) is 14.0. The molecule has 1 aliphatic rings. The monoisotopic (exact) mass is 454 g/mol. The van der Waals surface area contributed by atoms with Crippen molar-refractivity contribution in [3.05, 3.63) is 65.3 Å². The third-order valence-electron chi connectivity index (χ3n) is 6.54. The van der Waals surface area contributed by atoms with E-state index in [1.54, 1.807) is 6.92 Å². The van der Waals surface area contributed by atoms with Crippen LogP contribution in [0, 0.1) is 11.8 Å². The summed E-state index contributed by atoms with van der Waals surface area (Å²) < 4.78 is 11.1. The van der Waals surface area contributed by atoms with Gasteiger partial charge in [-0.3, -0.25) is 0 Å². The molecule has 0 aliphatic heterocycles. The third kappa shape index (κ3) is 8.85. The summed E-state index contributed by atoms with van der Waals surface area (Å²) in [6.45, 7) is 12.5. The average molecular weight is 455 g/mol. The number of benzene rings is 1. The lowest BCUT2D eigenvalue weighted by Crippen LogP contribution is -2.13. The van der Waals surface area contributed by atoms with Crippen molar-refractivity contribution in [1.29, 1.82) is 0 Å². The van der Waals surface area contributed by atoms with E-state index in [0.29, 0.717) is 17.9 Å². The molecule has 0 saturated heterocycles. The van der Waals surface area contributed by atoms with Gasteiger partial charge in [0, 0.05) is 12.2 Å². The molecule has 0 spiro atoms. The highest BCUT2D eigenvalue weighted by Gasteiger charge is 2.20. The van der Waals surface area contributed by atoms with Gasteiger partial charge in [0.05, 0.1) is 0 Å². The van der Waals surface area contributed by atoms with E-state index < -0.39 is 5.97 Å². The van der Waals surface area contributed by atoms with Gasteiger partial charge in [-0.15, -0.1) is 0 Å². The van der Waals surface area contributed by atoms with Crippen molar-refractivity contribution in [2.24, 2.45) is 11.8 Å². The summed E-state index contributed by atoms with van der Waals surface area (Å²) in [5, 5.41) is 9.23. The largest absolute Gasteiger partial charge is 0.490 e. The van der Waals surface area contributed by atoms with E-state index in [1.165, 1.54) is 36.8 Å². The number of hydrogen-bond donors (Lipinski definition) is 1. The van der Waals surface area contributed by atoms with E-state index in [-0.39, 0.29) is 25.7 Å². The molecule has 33 heavy (non-hydrogen) atoms. The maximum absolute atomic E-state index is 11.6. The van der Waals surface area contributed by atoms with Crippen molar-refractivity contribution in [2.75, 3.05) is 19.8 Å². The zero-order valence-electron chi connectivity index (χ0n) is 20.9. The van der Waals surface area contributed by atoms with Crippen LogP contribution in [0.5, 0.6) is 5.75 Å². The Kier molecular flexibility index (Phi) is 11.5. The van der Waals surface area contributed by atoms with Crippen LogP contribution in [0.25, 0.3) is 0 Å². The van der Waals surface area contributed by atoms with Crippen molar-refractivity contribution in [3.63, 3.8) is 0 Å². The van der Waals surface area contributed by atoms with Crippen LogP contribution in [0.4, 0.5) is 0 Å².